The van der Waals surface area contributed by atoms with Crippen molar-refractivity contribution in [3.05, 3.63) is 44.6 Å². The highest BCUT2D eigenvalue weighted by Crippen LogP contribution is 2.31. The number of phenols is 1. The Morgan fingerprint density at radius 1 is 1.20 bits per heavy atom. The summed E-state index contributed by atoms with van der Waals surface area (Å²) in [6, 6.07) is 5.51. The second-order valence-electron chi connectivity index (χ2n) is 5.32. The fourth-order valence-corrected chi connectivity index (χ4v) is 3.71. The molecule has 1 aliphatic rings. The molecule has 2 N–H and O–H groups in total. The number of carbonyl (C=O) groups excluding carboxylic acids is 1. The van der Waals surface area contributed by atoms with Gasteiger partial charge in [0.05, 0.1) is 4.88 Å². The third-order valence-electron chi connectivity index (χ3n) is 3.76. The maximum Gasteiger partial charge on any atom is 0.265 e. The van der Waals surface area contributed by atoms with E-state index in [1.54, 1.807) is 17.4 Å². The van der Waals surface area contributed by atoms with Crippen molar-refractivity contribution >= 4 is 22.9 Å². The van der Waals surface area contributed by atoms with E-state index in [2.05, 4.69) is 5.32 Å². The number of benzene rings is 1. The van der Waals surface area contributed by atoms with Crippen molar-refractivity contribution in [2.75, 3.05) is 5.32 Å². The van der Waals surface area contributed by atoms with Crippen LogP contribution in [0.25, 0.3) is 0 Å². The van der Waals surface area contributed by atoms with E-state index < -0.39 is 0 Å². The van der Waals surface area contributed by atoms with Crippen LogP contribution in [0.2, 0.25) is 0 Å². The molecule has 0 bridgehead atoms. The predicted molar refractivity (Wildman–Crippen MR) is 81.9 cm³/mol. The van der Waals surface area contributed by atoms with Gasteiger partial charge in [-0.3, -0.25) is 4.79 Å². The normalized spacial score (nSPS) is 13.3. The van der Waals surface area contributed by atoms with Gasteiger partial charge in [0.1, 0.15) is 5.75 Å². The number of rotatable bonds is 2. The highest BCUT2D eigenvalue weighted by atomic mass is 32.1. The van der Waals surface area contributed by atoms with E-state index in [4.69, 9.17) is 0 Å². The summed E-state index contributed by atoms with van der Waals surface area (Å²) in [5, 5.41) is 12.6. The zero-order valence-electron chi connectivity index (χ0n) is 11.6. The molecule has 0 spiro atoms. The third kappa shape index (κ3) is 2.31. The molecule has 0 unspecified atom stereocenters. The number of aryl methyl sites for hydroxylation is 4. The number of carbonyl (C=O) groups is 1. The second kappa shape index (κ2) is 4.94. The Kier molecular flexibility index (Phi) is 3.26. The van der Waals surface area contributed by atoms with Crippen LogP contribution < -0.4 is 5.32 Å². The molecule has 0 aliphatic heterocycles. The second-order valence-corrected chi connectivity index (χ2v) is 6.46. The van der Waals surface area contributed by atoms with E-state index in [0.29, 0.717) is 0 Å². The quantitative estimate of drug-likeness (QED) is 0.825. The minimum absolute atomic E-state index is 0.0578. The maximum atomic E-state index is 12.3. The Balaban J connectivity index is 1.83. The van der Waals surface area contributed by atoms with Gasteiger partial charge in [-0.2, -0.15) is 0 Å². The third-order valence-corrected chi connectivity index (χ3v) is 5.00. The first-order valence-corrected chi connectivity index (χ1v) is 7.59. The van der Waals surface area contributed by atoms with Crippen molar-refractivity contribution in [3.8, 4) is 5.75 Å². The first-order chi connectivity index (χ1) is 9.54. The van der Waals surface area contributed by atoms with Gasteiger partial charge in [-0.25, -0.2) is 0 Å². The van der Waals surface area contributed by atoms with Gasteiger partial charge in [0.25, 0.3) is 5.91 Å². The summed E-state index contributed by atoms with van der Waals surface area (Å²) >= 11 is 1.60. The van der Waals surface area contributed by atoms with Gasteiger partial charge < -0.3 is 10.4 Å². The van der Waals surface area contributed by atoms with Gasteiger partial charge >= 0.3 is 0 Å². The number of nitrogens with one attached hydrogen (secondary N) is 1. The SMILES string of the molecule is Cc1cc(NC(=O)c2cc3c(s2)CCC3)c(C)cc1O. The Bertz CT molecular complexity index is 667. The molecular weight excluding hydrogens is 270 g/mol. The van der Waals surface area contributed by atoms with Gasteiger partial charge in [-0.1, -0.05) is 0 Å². The number of hydrogen-bond acceptors (Lipinski definition) is 3. The molecule has 104 valence electrons. The van der Waals surface area contributed by atoms with Gasteiger partial charge in [0.15, 0.2) is 0 Å². The van der Waals surface area contributed by atoms with Crippen LogP contribution in [0.3, 0.4) is 0 Å². The number of fused-ring (bicyclic) bond motifs is 1. The highest BCUT2D eigenvalue weighted by Gasteiger charge is 2.19. The van der Waals surface area contributed by atoms with Crippen LogP contribution in [0.1, 0.15) is 37.7 Å². The summed E-state index contributed by atoms with van der Waals surface area (Å²) in [4.78, 5) is 14.4. The van der Waals surface area contributed by atoms with Gasteiger partial charge in [-0.05, 0) is 68.0 Å². The molecule has 4 heteroatoms. The molecule has 1 heterocycles. The van der Waals surface area contributed by atoms with Crippen molar-refractivity contribution in [1.29, 1.82) is 0 Å². The number of amides is 1. The number of anilines is 1. The van der Waals surface area contributed by atoms with Crippen LogP contribution >= 0.6 is 11.3 Å². The Morgan fingerprint density at radius 2 is 2.00 bits per heavy atom. The summed E-state index contributed by atoms with van der Waals surface area (Å²) in [5.74, 6) is 0.202. The number of thiophene rings is 1. The summed E-state index contributed by atoms with van der Waals surface area (Å²) in [6.45, 7) is 3.70. The minimum Gasteiger partial charge on any atom is -0.508 e. The molecule has 0 atom stereocenters. The zero-order valence-corrected chi connectivity index (χ0v) is 12.4. The largest absolute Gasteiger partial charge is 0.508 e. The Hall–Kier alpha value is -1.81. The molecular formula is C16H17NO2S. The summed E-state index contributed by atoms with van der Waals surface area (Å²) in [5.41, 5.74) is 3.72. The van der Waals surface area contributed by atoms with Gasteiger partial charge in [0, 0.05) is 10.6 Å². The maximum absolute atomic E-state index is 12.3. The Morgan fingerprint density at radius 3 is 2.75 bits per heavy atom. The number of phenolic OH excluding ortho intramolecular Hbond substituents is 1. The van der Waals surface area contributed by atoms with Crippen LogP contribution in [-0.4, -0.2) is 11.0 Å². The first-order valence-electron chi connectivity index (χ1n) is 6.78. The average Bonchev–Trinajstić information content (AvgIpc) is 2.96. The Labute approximate surface area is 122 Å². The van der Waals surface area contributed by atoms with Crippen molar-refractivity contribution in [3.63, 3.8) is 0 Å². The molecule has 1 amide bonds. The highest BCUT2D eigenvalue weighted by molar-refractivity contribution is 7.14. The smallest absolute Gasteiger partial charge is 0.265 e. The van der Waals surface area contributed by atoms with E-state index in [1.165, 1.54) is 16.9 Å². The fraction of sp³-hybridized carbons (Fsp3) is 0.312. The topological polar surface area (TPSA) is 49.3 Å². The lowest BCUT2D eigenvalue weighted by molar-refractivity contribution is 0.103. The average molecular weight is 287 g/mol. The van der Waals surface area contributed by atoms with Crippen LogP contribution in [0.15, 0.2) is 18.2 Å². The lowest BCUT2D eigenvalue weighted by Gasteiger charge is -2.10. The van der Waals surface area contributed by atoms with Gasteiger partial charge in [-0.15, -0.1) is 11.3 Å². The predicted octanol–water partition coefficient (Wildman–Crippen LogP) is 3.81. The molecule has 0 saturated heterocycles. The number of aromatic hydroxyl groups is 1. The first kappa shape index (κ1) is 13.2. The van der Waals surface area contributed by atoms with Crippen molar-refractivity contribution in [2.24, 2.45) is 0 Å². The van der Waals surface area contributed by atoms with E-state index in [0.717, 1.165) is 34.5 Å². The number of hydrogen-bond donors (Lipinski definition) is 2. The molecule has 0 radical (unpaired) electrons. The molecule has 3 nitrogen and oxygen atoms in total. The fourth-order valence-electron chi connectivity index (χ4n) is 2.56. The van der Waals surface area contributed by atoms with Gasteiger partial charge in [0.2, 0.25) is 0 Å². The van der Waals surface area contributed by atoms with Crippen molar-refractivity contribution in [2.45, 2.75) is 33.1 Å². The van der Waals surface area contributed by atoms with Crippen LogP contribution in [-0.2, 0) is 12.8 Å². The minimum atomic E-state index is -0.0578. The van der Waals surface area contributed by atoms with Crippen LogP contribution in [0, 0.1) is 13.8 Å². The van der Waals surface area contributed by atoms with E-state index >= 15 is 0 Å². The van der Waals surface area contributed by atoms with E-state index in [1.807, 2.05) is 26.0 Å². The summed E-state index contributed by atoms with van der Waals surface area (Å²) in [6.07, 6.45) is 3.40. The monoisotopic (exact) mass is 287 g/mol. The van der Waals surface area contributed by atoms with E-state index in [9.17, 15) is 9.90 Å². The molecule has 20 heavy (non-hydrogen) atoms. The lowest BCUT2D eigenvalue weighted by atomic mass is 10.1. The van der Waals surface area contributed by atoms with Crippen molar-refractivity contribution in [1.82, 2.24) is 0 Å². The molecule has 1 aliphatic carbocycles. The molecule has 0 saturated carbocycles. The molecule has 1 aromatic carbocycles. The molecule has 2 aromatic rings. The molecule has 1 aromatic heterocycles. The lowest BCUT2D eigenvalue weighted by Crippen LogP contribution is -2.11. The van der Waals surface area contributed by atoms with Crippen molar-refractivity contribution < 1.29 is 9.90 Å². The summed E-state index contributed by atoms with van der Waals surface area (Å²) < 4.78 is 0. The van der Waals surface area contributed by atoms with E-state index in [-0.39, 0.29) is 11.7 Å². The standard InChI is InChI=1S/C16H17NO2S/c1-9-7-13(18)10(2)6-12(9)17-16(19)15-8-11-4-3-5-14(11)20-15/h6-8,18H,3-5H2,1-2H3,(H,17,19). The molecule has 0 fully saturated rings. The van der Waals surface area contributed by atoms with Crippen LogP contribution in [0.5, 0.6) is 5.75 Å². The summed E-state index contributed by atoms with van der Waals surface area (Å²) in [7, 11) is 0. The molecule has 3 rings (SSSR count). The van der Waals surface area contributed by atoms with Crippen LogP contribution in [0.4, 0.5) is 5.69 Å². The zero-order chi connectivity index (χ0) is 14.3.